The Bertz CT molecular complexity index is 729. The van der Waals surface area contributed by atoms with Gasteiger partial charge in [0.2, 0.25) is 0 Å². The molecule has 1 fully saturated rings. The van der Waals surface area contributed by atoms with Crippen LogP contribution in [0, 0.1) is 0 Å². The van der Waals surface area contributed by atoms with Crippen LogP contribution in [0.4, 0.5) is 5.69 Å². The summed E-state index contributed by atoms with van der Waals surface area (Å²) in [5.41, 5.74) is 1.49. The third kappa shape index (κ3) is 3.62. The van der Waals surface area contributed by atoms with E-state index >= 15 is 0 Å². The fraction of sp³-hybridized carbons (Fsp3) is 0.188. The minimum atomic E-state index is -0.302. The minimum Gasteiger partial charge on any atom is -0.349 e. The van der Waals surface area contributed by atoms with Gasteiger partial charge in [-0.2, -0.15) is 0 Å². The maximum absolute atomic E-state index is 12.1. The SMILES string of the molecule is O=C(Nc1cccc(C(=O)NC2CC2)c1)c1ccnc(Cl)c1. The standard InChI is InChI=1S/C16H14ClN3O2/c17-14-9-11(6-7-18-14)16(22)20-13-3-1-2-10(8-13)15(21)19-12-4-5-12/h1-3,6-9,12H,4-5H2,(H,19,21)(H,20,22). The fourth-order valence-electron chi connectivity index (χ4n) is 1.98. The van der Waals surface area contributed by atoms with Crippen molar-refractivity contribution in [3.63, 3.8) is 0 Å². The van der Waals surface area contributed by atoms with Gasteiger partial charge in [-0.05, 0) is 43.2 Å². The Morgan fingerprint density at radius 1 is 1.09 bits per heavy atom. The van der Waals surface area contributed by atoms with Crippen LogP contribution in [0.3, 0.4) is 0 Å². The quantitative estimate of drug-likeness (QED) is 0.852. The van der Waals surface area contributed by atoms with Crippen molar-refractivity contribution >= 4 is 29.1 Å². The summed E-state index contributed by atoms with van der Waals surface area (Å²) in [5.74, 6) is -0.422. The molecule has 6 heteroatoms. The number of carbonyl (C=O) groups is 2. The van der Waals surface area contributed by atoms with Gasteiger partial charge in [-0.1, -0.05) is 17.7 Å². The molecule has 22 heavy (non-hydrogen) atoms. The van der Waals surface area contributed by atoms with E-state index in [1.807, 2.05) is 0 Å². The molecular weight excluding hydrogens is 302 g/mol. The Kier molecular flexibility index (Phi) is 4.06. The number of halogens is 1. The van der Waals surface area contributed by atoms with Gasteiger partial charge in [0, 0.05) is 29.1 Å². The van der Waals surface area contributed by atoms with Crippen LogP contribution in [-0.2, 0) is 0 Å². The van der Waals surface area contributed by atoms with Crippen molar-refractivity contribution in [1.29, 1.82) is 0 Å². The van der Waals surface area contributed by atoms with Crippen molar-refractivity contribution in [1.82, 2.24) is 10.3 Å². The zero-order valence-electron chi connectivity index (χ0n) is 11.7. The molecule has 1 aromatic heterocycles. The lowest BCUT2D eigenvalue weighted by molar-refractivity contribution is 0.0949. The molecule has 1 aliphatic rings. The molecule has 1 aromatic carbocycles. The average Bonchev–Trinajstić information content (AvgIpc) is 3.31. The first kappa shape index (κ1) is 14.5. The van der Waals surface area contributed by atoms with E-state index < -0.39 is 0 Å². The van der Waals surface area contributed by atoms with Gasteiger partial charge in [0.15, 0.2) is 0 Å². The molecule has 2 amide bonds. The zero-order chi connectivity index (χ0) is 15.5. The number of benzene rings is 1. The number of aromatic nitrogens is 1. The summed E-state index contributed by atoms with van der Waals surface area (Å²) in [4.78, 5) is 28.0. The highest BCUT2D eigenvalue weighted by atomic mass is 35.5. The third-order valence-corrected chi connectivity index (χ3v) is 3.49. The predicted molar refractivity (Wildman–Crippen MR) is 84.1 cm³/mol. The Morgan fingerprint density at radius 2 is 1.86 bits per heavy atom. The predicted octanol–water partition coefficient (Wildman–Crippen LogP) is 2.88. The van der Waals surface area contributed by atoms with Crippen LogP contribution in [-0.4, -0.2) is 22.8 Å². The number of rotatable bonds is 4. The van der Waals surface area contributed by atoms with Crippen LogP contribution in [0.1, 0.15) is 33.6 Å². The van der Waals surface area contributed by atoms with Crippen LogP contribution >= 0.6 is 11.6 Å². The third-order valence-electron chi connectivity index (χ3n) is 3.28. The second kappa shape index (κ2) is 6.15. The molecule has 0 bridgehead atoms. The second-order valence-corrected chi connectivity index (χ2v) is 5.54. The minimum absolute atomic E-state index is 0.120. The molecule has 0 spiro atoms. The topological polar surface area (TPSA) is 71.1 Å². The summed E-state index contributed by atoms with van der Waals surface area (Å²) in [6, 6.07) is 10.2. The van der Waals surface area contributed by atoms with Crippen molar-refractivity contribution in [3.8, 4) is 0 Å². The van der Waals surface area contributed by atoms with Crippen molar-refractivity contribution in [2.45, 2.75) is 18.9 Å². The van der Waals surface area contributed by atoms with Gasteiger partial charge >= 0.3 is 0 Å². The van der Waals surface area contributed by atoms with E-state index in [1.54, 1.807) is 30.3 Å². The van der Waals surface area contributed by atoms with E-state index in [2.05, 4.69) is 15.6 Å². The number of amides is 2. The normalized spacial score (nSPS) is 13.5. The number of nitrogens with one attached hydrogen (secondary N) is 2. The van der Waals surface area contributed by atoms with E-state index in [0.29, 0.717) is 22.9 Å². The van der Waals surface area contributed by atoms with Crippen molar-refractivity contribution in [2.75, 3.05) is 5.32 Å². The van der Waals surface area contributed by atoms with E-state index in [1.165, 1.54) is 12.3 Å². The second-order valence-electron chi connectivity index (χ2n) is 5.15. The molecule has 1 aliphatic carbocycles. The summed E-state index contributed by atoms with van der Waals surface area (Å²) in [7, 11) is 0. The number of hydrogen-bond donors (Lipinski definition) is 2. The summed E-state index contributed by atoms with van der Waals surface area (Å²) in [6.07, 6.45) is 3.53. The van der Waals surface area contributed by atoms with E-state index in [4.69, 9.17) is 11.6 Å². The maximum Gasteiger partial charge on any atom is 0.255 e. The molecule has 0 atom stereocenters. The van der Waals surface area contributed by atoms with E-state index in [9.17, 15) is 9.59 Å². The Hall–Kier alpha value is -2.40. The molecule has 3 rings (SSSR count). The first-order valence-electron chi connectivity index (χ1n) is 6.95. The van der Waals surface area contributed by atoms with E-state index in [-0.39, 0.29) is 17.0 Å². The smallest absolute Gasteiger partial charge is 0.255 e. The van der Waals surface area contributed by atoms with Gasteiger partial charge in [0.1, 0.15) is 5.15 Å². The molecule has 2 N–H and O–H groups in total. The van der Waals surface area contributed by atoms with Gasteiger partial charge in [-0.3, -0.25) is 9.59 Å². The summed E-state index contributed by atoms with van der Waals surface area (Å²) >= 11 is 5.77. The molecule has 1 heterocycles. The first-order chi connectivity index (χ1) is 10.6. The molecule has 1 saturated carbocycles. The van der Waals surface area contributed by atoms with Crippen LogP contribution < -0.4 is 10.6 Å². The highest BCUT2D eigenvalue weighted by molar-refractivity contribution is 6.29. The summed E-state index contributed by atoms with van der Waals surface area (Å²) in [6.45, 7) is 0. The summed E-state index contributed by atoms with van der Waals surface area (Å²) in [5, 5.41) is 5.91. The van der Waals surface area contributed by atoms with Gasteiger partial charge in [-0.25, -0.2) is 4.98 Å². The zero-order valence-corrected chi connectivity index (χ0v) is 12.4. The average molecular weight is 316 g/mol. The van der Waals surface area contributed by atoms with Gasteiger partial charge < -0.3 is 10.6 Å². The number of nitrogens with zero attached hydrogens (tertiary/aromatic N) is 1. The number of hydrogen-bond acceptors (Lipinski definition) is 3. The molecule has 2 aromatic rings. The van der Waals surface area contributed by atoms with Crippen LogP contribution in [0.2, 0.25) is 5.15 Å². The van der Waals surface area contributed by atoms with Crippen molar-refractivity contribution in [3.05, 3.63) is 58.9 Å². The fourth-order valence-corrected chi connectivity index (χ4v) is 2.16. The highest BCUT2D eigenvalue weighted by Gasteiger charge is 2.23. The molecular formula is C16H14ClN3O2. The molecule has 0 unspecified atom stereocenters. The Balaban J connectivity index is 1.72. The van der Waals surface area contributed by atoms with Crippen molar-refractivity contribution in [2.24, 2.45) is 0 Å². The highest BCUT2D eigenvalue weighted by Crippen LogP contribution is 2.20. The maximum atomic E-state index is 12.1. The lowest BCUT2D eigenvalue weighted by Crippen LogP contribution is -2.25. The molecule has 0 saturated heterocycles. The van der Waals surface area contributed by atoms with Gasteiger partial charge in [0.25, 0.3) is 11.8 Å². The molecule has 5 nitrogen and oxygen atoms in total. The molecule has 0 aliphatic heterocycles. The Labute approximate surface area is 132 Å². The molecule has 112 valence electrons. The van der Waals surface area contributed by atoms with Crippen LogP contribution in [0.25, 0.3) is 0 Å². The number of anilines is 1. The Morgan fingerprint density at radius 3 is 2.59 bits per heavy atom. The summed E-state index contributed by atoms with van der Waals surface area (Å²) < 4.78 is 0. The molecule has 0 radical (unpaired) electrons. The largest absolute Gasteiger partial charge is 0.349 e. The number of pyridine rings is 1. The first-order valence-corrected chi connectivity index (χ1v) is 7.33. The lowest BCUT2D eigenvalue weighted by atomic mass is 10.1. The monoisotopic (exact) mass is 315 g/mol. The van der Waals surface area contributed by atoms with Gasteiger partial charge in [0.05, 0.1) is 0 Å². The van der Waals surface area contributed by atoms with Gasteiger partial charge in [-0.15, -0.1) is 0 Å². The van der Waals surface area contributed by atoms with E-state index in [0.717, 1.165) is 12.8 Å². The lowest BCUT2D eigenvalue weighted by Gasteiger charge is -2.08. The number of carbonyl (C=O) groups excluding carboxylic acids is 2. The van der Waals surface area contributed by atoms with Crippen LogP contribution in [0.15, 0.2) is 42.6 Å². The van der Waals surface area contributed by atoms with Crippen molar-refractivity contribution < 1.29 is 9.59 Å². The van der Waals surface area contributed by atoms with Crippen LogP contribution in [0.5, 0.6) is 0 Å².